The van der Waals surface area contributed by atoms with Gasteiger partial charge in [-0.1, -0.05) is 32.0 Å². The van der Waals surface area contributed by atoms with Gasteiger partial charge in [-0.05, 0) is 30.5 Å². The van der Waals surface area contributed by atoms with Crippen LogP contribution in [0.1, 0.15) is 26.3 Å². The van der Waals surface area contributed by atoms with Gasteiger partial charge in [0.05, 0.1) is 5.69 Å². The van der Waals surface area contributed by atoms with Crippen molar-refractivity contribution in [1.82, 2.24) is 14.5 Å². The molecule has 0 aliphatic heterocycles. The first-order valence-electron chi connectivity index (χ1n) is 9.07. The summed E-state index contributed by atoms with van der Waals surface area (Å²) < 4.78 is 1.96. The first kappa shape index (κ1) is 17.5. The zero-order chi connectivity index (χ0) is 18.8. The SMILES string of the molecule is CC(C)C[C@@H](C(=O)Nc1nc(-c2c[nH]c3ccccc23)cs1)n1cccc1. The Labute approximate surface area is 162 Å². The number of hydrogen-bond donors (Lipinski definition) is 2. The average Bonchev–Trinajstić information content (AvgIpc) is 3.39. The maximum atomic E-state index is 12.9. The molecule has 4 aromatic rings. The van der Waals surface area contributed by atoms with E-state index in [0.29, 0.717) is 11.0 Å². The van der Waals surface area contributed by atoms with E-state index in [2.05, 4.69) is 35.2 Å². The first-order chi connectivity index (χ1) is 13.1. The Hall–Kier alpha value is -2.86. The normalized spacial score (nSPS) is 12.6. The highest BCUT2D eigenvalue weighted by atomic mass is 32.1. The molecule has 27 heavy (non-hydrogen) atoms. The van der Waals surface area contributed by atoms with E-state index in [1.165, 1.54) is 11.3 Å². The molecule has 1 aromatic carbocycles. The average molecular weight is 379 g/mol. The molecule has 0 aliphatic rings. The van der Waals surface area contributed by atoms with Gasteiger partial charge < -0.3 is 14.9 Å². The number of carbonyl (C=O) groups excluding carboxylic acids is 1. The second kappa shape index (κ2) is 7.40. The van der Waals surface area contributed by atoms with E-state index in [0.717, 1.165) is 28.6 Å². The standard InChI is InChI=1S/C21H22N4OS/c1-14(2)11-19(25-9-5-6-10-25)20(26)24-21-23-18(13-27-21)16-12-22-17-8-4-3-7-15(16)17/h3-10,12-14,19,22H,11H2,1-2H3,(H,23,24,26)/t19-/m0/s1. The second-order valence-corrected chi connectivity index (χ2v) is 7.91. The minimum Gasteiger partial charge on any atom is -0.360 e. The molecule has 0 saturated carbocycles. The number of benzene rings is 1. The molecule has 0 spiro atoms. The molecule has 0 saturated heterocycles. The van der Waals surface area contributed by atoms with Crippen LogP contribution in [0.15, 0.2) is 60.4 Å². The predicted octanol–water partition coefficient (Wildman–Crippen LogP) is 5.32. The monoisotopic (exact) mass is 378 g/mol. The second-order valence-electron chi connectivity index (χ2n) is 7.05. The number of H-pyrrole nitrogens is 1. The molecule has 2 N–H and O–H groups in total. The van der Waals surface area contributed by atoms with Gasteiger partial charge in [-0.15, -0.1) is 11.3 Å². The Balaban J connectivity index is 1.55. The molecule has 138 valence electrons. The number of anilines is 1. The summed E-state index contributed by atoms with van der Waals surface area (Å²) in [6.45, 7) is 4.25. The van der Waals surface area contributed by atoms with Crippen molar-refractivity contribution >= 4 is 33.3 Å². The minimum atomic E-state index is -0.236. The van der Waals surface area contributed by atoms with Gasteiger partial charge in [0.15, 0.2) is 5.13 Å². The lowest BCUT2D eigenvalue weighted by atomic mass is 10.0. The van der Waals surface area contributed by atoms with Crippen molar-refractivity contribution in [3.05, 3.63) is 60.4 Å². The van der Waals surface area contributed by atoms with Crippen molar-refractivity contribution in [2.45, 2.75) is 26.3 Å². The summed E-state index contributed by atoms with van der Waals surface area (Å²) >= 11 is 1.45. The molecule has 0 fully saturated rings. The molecule has 0 bridgehead atoms. The summed E-state index contributed by atoms with van der Waals surface area (Å²) in [6.07, 6.45) is 6.62. The van der Waals surface area contributed by atoms with Crippen LogP contribution >= 0.6 is 11.3 Å². The topological polar surface area (TPSA) is 62.7 Å². The van der Waals surface area contributed by atoms with Gasteiger partial charge in [0.25, 0.3) is 0 Å². The van der Waals surface area contributed by atoms with Crippen molar-refractivity contribution in [3.8, 4) is 11.3 Å². The number of rotatable bonds is 6. The number of amides is 1. The van der Waals surface area contributed by atoms with E-state index in [-0.39, 0.29) is 11.9 Å². The van der Waals surface area contributed by atoms with E-state index < -0.39 is 0 Å². The van der Waals surface area contributed by atoms with Gasteiger partial charge in [0.1, 0.15) is 6.04 Å². The van der Waals surface area contributed by atoms with Crippen molar-refractivity contribution < 1.29 is 4.79 Å². The number of carbonyl (C=O) groups is 1. The van der Waals surface area contributed by atoms with E-state index in [1.54, 1.807) is 0 Å². The van der Waals surface area contributed by atoms with Crippen LogP contribution in [0.3, 0.4) is 0 Å². The lowest BCUT2D eigenvalue weighted by Gasteiger charge is -2.19. The van der Waals surface area contributed by atoms with Crippen LogP contribution in [-0.4, -0.2) is 20.4 Å². The molecule has 1 amide bonds. The van der Waals surface area contributed by atoms with Crippen LogP contribution in [0, 0.1) is 5.92 Å². The third-order valence-electron chi connectivity index (χ3n) is 4.58. The van der Waals surface area contributed by atoms with Gasteiger partial charge in [-0.25, -0.2) is 4.98 Å². The number of thiazole rings is 1. The molecule has 3 heterocycles. The zero-order valence-electron chi connectivity index (χ0n) is 15.3. The molecule has 6 heteroatoms. The van der Waals surface area contributed by atoms with Crippen LogP contribution in [0.4, 0.5) is 5.13 Å². The van der Waals surface area contributed by atoms with Gasteiger partial charge in [0, 0.05) is 40.4 Å². The molecule has 0 unspecified atom stereocenters. The number of hydrogen-bond acceptors (Lipinski definition) is 3. The smallest absolute Gasteiger partial charge is 0.249 e. The van der Waals surface area contributed by atoms with Crippen LogP contribution in [0.5, 0.6) is 0 Å². The Morgan fingerprint density at radius 1 is 1.22 bits per heavy atom. The molecule has 0 aliphatic carbocycles. The maximum Gasteiger partial charge on any atom is 0.249 e. The Bertz CT molecular complexity index is 1050. The predicted molar refractivity (Wildman–Crippen MR) is 111 cm³/mol. The fourth-order valence-electron chi connectivity index (χ4n) is 3.29. The van der Waals surface area contributed by atoms with Crippen molar-refractivity contribution in [2.24, 2.45) is 5.92 Å². The number of aromatic amines is 1. The molecule has 3 aromatic heterocycles. The number of fused-ring (bicyclic) bond motifs is 1. The summed E-state index contributed by atoms with van der Waals surface area (Å²) in [7, 11) is 0. The maximum absolute atomic E-state index is 12.9. The van der Waals surface area contributed by atoms with Crippen molar-refractivity contribution in [3.63, 3.8) is 0 Å². The largest absolute Gasteiger partial charge is 0.360 e. The number of para-hydroxylation sites is 1. The first-order valence-corrected chi connectivity index (χ1v) is 9.95. The number of nitrogens with one attached hydrogen (secondary N) is 2. The molecular formula is C21H22N4OS. The zero-order valence-corrected chi connectivity index (χ0v) is 16.2. The highest BCUT2D eigenvalue weighted by Crippen LogP contribution is 2.31. The summed E-state index contributed by atoms with van der Waals surface area (Å²) in [5, 5.41) is 6.74. The van der Waals surface area contributed by atoms with E-state index in [4.69, 9.17) is 0 Å². The third kappa shape index (κ3) is 3.66. The van der Waals surface area contributed by atoms with Gasteiger partial charge in [-0.3, -0.25) is 4.79 Å². The molecular weight excluding hydrogens is 356 g/mol. The lowest BCUT2D eigenvalue weighted by molar-refractivity contribution is -0.119. The number of nitrogens with zero attached hydrogens (tertiary/aromatic N) is 2. The summed E-state index contributed by atoms with van der Waals surface area (Å²) in [4.78, 5) is 20.8. The quantitative estimate of drug-likeness (QED) is 0.477. The van der Waals surface area contributed by atoms with Crippen LogP contribution in [0.2, 0.25) is 0 Å². The Kier molecular flexibility index (Phi) is 4.81. The fraction of sp³-hybridized carbons (Fsp3) is 0.238. The van der Waals surface area contributed by atoms with Crippen molar-refractivity contribution in [2.75, 3.05) is 5.32 Å². The van der Waals surface area contributed by atoms with Crippen LogP contribution in [-0.2, 0) is 4.79 Å². The van der Waals surface area contributed by atoms with E-state index in [1.807, 2.05) is 58.9 Å². The van der Waals surface area contributed by atoms with Crippen LogP contribution < -0.4 is 5.32 Å². The summed E-state index contributed by atoms with van der Waals surface area (Å²) in [5.74, 6) is 0.390. The Morgan fingerprint density at radius 3 is 2.78 bits per heavy atom. The van der Waals surface area contributed by atoms with Crippen LogP contribution in [0.25, 0.3) is 22.2 Å². The van der Waals surface area contributed by atoms with E-state index in [9.17, 15) is 4.79 Å². The van der Waals surface area contributed by atoms with E-state index >= 15 is 0 Å². The number of aromatic nitrogens is 3. The highest BCUT2D eigenvalue weighted by Gasteiger charge is 2.22. The summed E-state index contributed by atoms with van der Waals surface area (Å²) in [6, 6.07) is 11.8. The highest BCUT2D eigenvalue weighted by molar-refractivity contribution is 7.14. The van der Waals surface area contributed by atoms with Gasteiger partial charge >= 0.3 is 0 Å². The molecule has 5 nitrogen and oxygen atoms in total. The van der Waals surface area contributed by atoms with Gasteiger partial charge in [0.2, 0.25) is 5.91 Å². The fourth-order valence-corrected chi connectivity index (χ4v) is 4.01. The van der Waals surface area contributed by atoms with Crippen molar-refractivity contribution in [1.29, 1.82) is 0 Å². The lowest BCUT2D eigenvalue weighted by Crippen LogP contribution is -2.26. The minimum absolute atomic E-state index is 0.0280. The summed E-state index contributed by atoms with van der Waals surface area (Å²) in [5.41, 5.74) is 3.00. The Morgan fingerprint density at radius 2 is 2.00 bits per heavy atom. The molecule has 1 atom stereocenters. The molecule has 0 radical (unpaired) electrons. The van der Waals surface area contributed by atoms with Gasteiger partial charge in [-0.2, -0.15) is 0 Å². The molecule has 4 rings (SSSR count). The third-order valence-corrected chi connectivity index (χ3v) is 5.34.